The van der Waals surface area contributed by atoms with Crippen molar-refractivity contribution in [2.75, 3.05) is 7.11 Å². The van der Waals surface area contributed by atoms with Crippen LogP contribution in [-0.2, 0) is 4.79 Å². The number of fused-ring (bicyclic) bond motifs is 1. The molecule has 2 N–H and O–H groups in total. The molecule has 2 aromatic rings. The van der Waals surface area contributed by atoms with E-state index in [0.29, 0.717) is 23.8 Å². The summed E-state index contributed by atoms with van der Waals surface area (Å²) in [5.74, 6) is -0.453. The third kappa shape index (κ3) is 2.98. The molecule has 1 aromatic carbocycles. The van der Waals surface area contributed by atoms with Gasteiger partial charge in [-0.3, -0.25) is 9.59 Å². The molecule has 5 nitrogen and oxygen atoms in total. The van der Waals surface area contributed by atoms with Crippen molar-refractivity contribution < 1.29 is 19.4 Å². The van der Waals surface area contributed by atoms with E-state index in [0.717, 1.165) is 23.7 Å². The van der Waals surface area contributed by atoms with Gasteiger partial charge in [0.1, 0.15) is 5.75 Å². The van der Waals surface area contributed by atoms with Crippen LogP contribution in [0.2, 0.25) is 0 Å². The van der Waals surface area contributed by atoms with Crippen molar-refractivity contribution in [1.82, 2.24) is 4.98 Å². The van der Waals surface area contributed by atoms with Crippen LogP contribution in [0.1, 0.15) is 36.2 Å². The largest absolute Gasteiger partial charge is 0.496 e. The summed E-state index contributed by atoms with van der Waals surface area (Å²) in [5, 5.41) is 10.1. The Balaban J connectivity index is 1.80. The van der Waals surface area contributed by atoms with Gasteiger partial charge in [0.2, 0.25) is 0 Å². The average molecular weight is 301 g/mol. The average Bonchev–Trinajstić information content (AvgIpc) is 3.20. The number of aliphatic carboxylic acids is 1. The second-order valence-electron chi connectivity index (χ2n) is 5.95. The molecular weight excluding hydrogens is 282 g/mol. The quantitative estimate of drug-likeness (QED) is 0.769. The molecule has 0 bridgehead atoms. The zero-order valence-electron chi connectivity index (χ0n) is 12.5. The Morgan fingerprint density at radius 1 is 1.41 bits per heavy atom. The summed E-state index contributed by atoms with van der Waals surface area (Å²) < 4.78 is 5.28. The van der Waals surface area contributed by atoms with Crippen molar-refractivity contribution in [2.45, 2.75) is 25.7 Å². The molecule has 0 aliphatic heterocycles. The number of carbonyl (C=O) groups excluding carboxylic acids is 1. The zero-order chi connectivity index (χ0) is 15.7. The number of benzene rings is 1. The Labute approximate surface area is 128 Å². The van der Waals surface area contributed by atoms with Gasteiger partial charge in [0, 0.05) is 17.3 Å². The first-order valence-electron chi connectivity index (χ1n) is 7.50. The van der Waals surface area contributed by atoms with Crippen LogP contribution in [0.15, 0.2) is 24.3 Å². The molecule has 116 valence electrons. The van der Waals surface area contributed by atoms with Gasteiger partial charge in [0.25, 0.3) is 0 Å². The normalized spacial score (nSPS) is 15.7. The van der Waals surface area contributed by atoms with Gasteiger partial charge in [-0.2, -0.15) is 0 Å². The SMILES string of the molecule is COc1cccc2[nH]c(C(=O)C[C@@H](CC3CC3)C(=O)O)cc12. The molecule has 1 aliphatic carbocycles. The van der Waals surface area contributed by atoms with E-state index in [2.05, 4.69) is 4.98 Å². The second kappa shape index (κ2) is 5.83. The van der Waals surface area contributed by atoms with Crippen LogP contribution in [0.4, 0.5) is 0 Å². The highest BCUT2D eigenvalue weighted by Crippen LogP contribution is 2.36. The Kier molecular flexibility index (Phi) is 3.88. The highest BCUT2D eigenvalue weighted by atomic mass is 16.5. The minimum Gasteiger partial charge on any atom is -0.496 e. The van der Waals surface area contributed by atoms with Crippen molar-refractivity contribution in [3.05, 3.63) is 30.0 Å². The standard InChI is InChI=1S/C17H19NO4/c1-22-16-4-2-3-13-12(16)9-14(18-13)15(19)8-11(17(20)21)7-10-5-6-10/h2-4,9-11,18H,5-8H2,1H3,(H,20,21)/t11-/m1/s1. The zero-order valence-corrected chi connectivity index (χ0v) is 12.5. The van der Waals surface area contributed by atoms with Crippen LogP contribution in [-0.4, -0.2) is 29.0 Å². The molecule has 0 unspecified atom stereocenters. The molecule has 1 fully saturated rings. The Morgan fingerprint density at radius 3 is 2.82 bits per heavy atom. The molecule has 1 aliphatic rings. The fourth-order valence-corrected chi connectivity index (χ4v) is 2.82. The third-order valence-electron chi connectivity index (χ3n) is 4.24. The van der Waals surface area contributed by atoms with E-state index >= 15 is 0 Å². The highest BCUT2D eigenvalue weighted by molar-refractivity contribution is 6.02. The maximum atomic E-state index is 12.4. The molecule has 1 atom stereocenters. The number of rotatable bonds is 7. The molecular formula is C17H19NO4. The third-order valence-corrected chi connectivity index (χ3v) is 4.24. The van der Waals surface area contributed by atoms with Gasteiger partial charge in [-0.25, -0.2) is 0 Å². The number of H-pyrrole nitrogens is 1. The fourth-order valence-electron chi connectivity index (χ4n) is 2.82. The van der Waals surface area contributed by atoms with Crippen LogP contribution in [0, 0.1) is 11.8 Å². The van der Waals surface area contributed by atoms with Crippen LogP contribution < -0.4 is 4.74 Å². The van der Waals surface area contributed by atoms with Crippen LogP contribution in [0.3, 0.4) is 0 Å². The summed E-state index contributed by atoms with van der Waals surface area (Å²) in [7, 11) is 1.58. The summed E-state index contributed by atoms with van der Waals surface area (Å²) in [5.41, 5.74) is 1.26. The highest BCUT2D eigenvalue weighted by Gasteiger charge is 2.31. The van der Waals surface area contributed by atoms with E-state index in [1.165, 1.54) is 0 Å². The number of aromatic nitrogens is 1. The molecule has 22 heavy (non-hydrogen) atoms. The van der Waals surface area contributed by atoms with Gasteiger partial charge in [-0.05, 0) is 30.5 Å². The molecule has 5 heteroatoms. The summed E-state index contributed by atoms with van der Waals surface area (Å²) in [6, 6.07) is 7.29. The fraction of sp³-hybridized carbons (Fsp3) is 0.412. The first-order valence-corrected chi connectivity index (χ1v) is 7.50. The summed E-state index contributed by atoms with van der Waals surface area (Å²) in [6.45, 7) is 0. The van der Waals surface area contributed by atoms with Crippen molar-refractivity contribution in [3.63, 3.8) is 0 Å². The van der Waals surface area contributed by atoms with E-state index in [-0.39, 0.29) is 12.2 Å². The van der Waals surface area contributed by atoms with Crippen LogP contribution in [0.5, 0.6) is 5.75 Å². The molecule has 1 aromatic heterocycles. The number of hydrogen-bond acceptors (Lipinski definition) is 3. The molecule has 1 saturated carbocycles. The van der Waals surface area contributed by atoms with Crippen LogP contribution >= 0.6 is 0 Å². The first-order chi connectivity index (χ1) is 10.6. The van der Waals surface area contributed by atoms with Crippen molar-refractivity contribution >= 4 is 22.7 Å². The van der Waals surface area contributed by atoms with Gasteiger partial charge in [-0.15, -0.1) is 0 Å². The van der Waals surface area contributed by atoms with E-state index < -0.39 is 11.9 Å². The lowest BCUT2D eigenvalue weighted by atomic mass is 9.95. The Hall–Kier alpha value is -2.30. The van der Waals surface area contributed by atoms with Crippen molar-refractivity contribution in [1.29, 1.82) is 0 Å². The molecule has 1 heterocycles. The number of carbonyl (C=O) groups is 2. The molecule has 3 rings (SSSR count). The number of carboxylic acids is 1. The van der Waals surface area contributed by atoms with E-state index in [4.69, 9.17) is 4.74 Å². The Morgan fingerprint density at radius 2 is 2.18 bits per heavy atom. The predicted molar refractivity (Wildman–Crippen MR) is 82.3 cm³/mol. The lowest BCUT2D eigenvalue weighted by molar-refractivity contribution is -0.142. The number of aromatic amines is 1. The number of ether oxygens (including phenoxy) is 1. The van der Waals surface area contributed by atoms with Crippen molar-refractivity contribution in [3.8, 4) is 5.75 Å². The minimum absolute atomic E-state index is 0.0426. The van der Waals surface area contributed by atoms with E-state index in [1.807, 2.05) is 18.2 Å². The van der Waals surface area contributed by atoms with E-state index in [9.17, 15) is 14.7 Å². The lowest BCUT2D eigenvalue weighted by Gasteiger charge is -2.09. The summed E-state index contributed by atoms with van der Waals surface area (Å²) >= 11 is 0. The van der Waals surface area contributed by atoms with Gasteiger partial charge in [0.05, 0.1) is 18.7 Å². The number of nitrogens with one attached hydrogen (secondary N) is 1. The number of methoxy groups -OCH3 is 1. The smallest absolute Gasteiger partial charge is 0.306 e. The van der Waals surface area contributed by atoms with Gasteiger partial charge >= 0.3 is 5.97 Å². The summed E-state index contributed by atoms with van der Waals surface area (Å²) in [4.78, 5) is 26.8. The Bertz CT molecular complexity index is 715. The topological polar surface area (TPSA) is 79.4 Å². The lowest BCUT2D eigenvalue weighted by Crippen LogP contribution is -2.19. The van der Waals surface area contributed by atoms with Crippen LogP contribution in [0.25, 0.3) is 10.9 Å². The van der Waals surface area contributed by atoms with Gasteiger partial charge < -0.3 is 14.8 Å². The first kappa shape index (κ1) is 14.6. The van der Waals surface area contributed by atoms with Gasteiger partial charge in [-0.1, -0.05) is 18.9 Å². The molecule has 0 amide bonds. The van der Waals surface area contributed by atoms with Crippen molar-refractivity contribution in [2.24, 2.45) is 11.8 Å². The number of hydrogen-bond donors (Lipinski definition) is 2. The second-order valence-corrected chi connectivity index (χ2v) is 5.95. The number of ketones is 1. The molecule has 0 saturated heterocycles. The summed E-state index contributed by atoms with van der Waals surface area (Å²) in [6.07, 6.45) is 2.81. The van der Waals surface area contributed by atoms with E-state index in [1.54, 1.807) is 13.2 Å². The number of Topliss-reactive ketones (excluding diaryl/α,β-unsaturated/α-hetero) is 1. The minimum atomic E-state index is -0.881. The maximum Gasteiger partial charge on any atom is 0.306 e. The molecule has 0 radical (unpaired) electrons. The monoisotopic (exact) mass is 301 g/mol. The van der Waals surface area contributed by atoms with Gasteiger partial charge in [0.15, 0.2) is 5.78 Å². The maximum absolute atomic E-state index is 12.4. The number of carboxylic acid groups (broad SMARTS) is 1. The predicted octanol–water partition coefficient (Wildman–Crippen LogP) is 3.25. The molecule has 0 spiro atoms.